The van der Waals surface area contributed by atoms with Gasteiger partial charge in [0.15, 0.2) is 5.82 Å². The first-order valence-corrected chi connectivity index (χ1v) is 7.75. The fraction of sp³-hybridized carbons (Fsp3) is 0.111. The molecule has 0 saturated carbocycles. The molecule has 0 bridgehead atoms. The van der Waals surface area contributed by atoms with Crippen molar-refractivity contribution in [2.75, 3.05) is 11.9 Å². The molecule has 0 aliphatic carbocycles. The third-order valence-corrected chi connectivity index (χ3v) is 3.72. The number of H-pyrrole nitrogens is 1. The Kier molecular flexibility index (Phi) is 4.84. The Bertz CT molecular complexity index is 921. The van der Waals surface area contributed by atoms with E-state index < -0.39 is 4.92 Å². The Hall–Kier alpha value is -3.48. The molecule has 1 aromatic heterocycles. The van der Waals surface area contributed by atoms with E-state index in [-0.39, 0.29) is 17.1 Å². The van der Waals surface area contributed by atoms with Gasteiger partial charge in [0, 0.05) is 24.2 Å². The minimum atomic E-state index is -0.468. The molecule has 0 aliphatic rings. The fourth-order valence-electron chi connectivity index (χ4n) is 2.41. The van der Waals surface area contributed by atoms with Crippen molar-refractivity contribution < 1.29 is 4.92 Å². The molecule has 25 heavy (non-hydrogen) atoms. The number of nitrogens with zero attached hydrogens (tertiary/aromatic N) is 2. The number of non-ortho nitro benzene ring substituents is 1. The molecule has 0 unspecified atom stereocenters. The summed E-state index contributed by atoms with van der Waals surface area (Å²) in [6, 6.07) is 15.9. The van der Waals surface area contributed by atoms with Gasteiger partial charge in [-0.3, -0.25) is 14.9 Å². The van der Waals surface area contributed by atoms with Gasteiger partial charge < -0.3 is 10.3 Å². The van der Waals surface area contributed by atoms with Crippen molar-refractivity contribution in [3.05, 3.63) is 86.8 Å². The lowest BCUT2D eigenvalue weighted by Gasteiger charge is -2.06. The summed E-state index contributed by atoms with van der Waals surface area (Å²) in [6.07, 6.45) is 2.32. The third-order valence-electron chi connectivity index (χ3n) is 3.72. The van der Waals surface area contributed by atoms with Gasteiger partial charge in [-0.1, -0.05) is 30.3 Å². The van der Waals surface area contributed by atoms with Gasteiger partial charge in [-0.15, -0.1) is 0 Å². The van der Waals surface area contributed by atoms with Crippen LogP contribution in [0.1, 0.15) is 5.56 Å². The van der Waals surface area contributed by atoms with E-state index in [1.807, 2.05) is 30.3 Å². The first kappa shape index (κ1) is 16.4. The fourth-order valence-corrected chi connectivity index (χ4v) is 2.41. The number of aromatic amines is 1. The average Bonchev–Trinajstić information content (AvgIpc) is 2.64. The van der Waals surface area contributed by atoms with Gasteiger partial charge in [0.2, 0.25) is 0 Å². The van der Waals surface area contributed by atoms with Crippen LogP contribution in [-0.4, -0.2) is 21.4 Å². The zero-order valence-electron chi connectivity index (χ0n) is 13.3. The quantitative estimate of drug-likeness (QED) is 0.532. The normalized spacial score (nSPS) is 10.4. The predicted molar refractivity (Wildman–Crippen MR) is 95.6 cm³/mol. The molecular formula is C18H16N4O3. The Morgan fingerprint density at radius 3 is 2.44 bits per heavy atom. The molecule has 7 nitrogen and oxygen atoms in total. The molecule has 0 spiro atoms. The number of anilines is 1. The summed E-state index contributed by atoms with van der Waals surface area (Å²) < 4.78 is 0. The number of nitro benzene ring substituents is 1. The SMILES string of the molecule is O=c1[nH]c(-c2ccc([N+](=O)[O-])cc2)cnc1NCCc1ccccc1. The zero-order chi connectivity index (χ0) is 17.6. The van der Waals surface area contributed by atoms with Crippen LogP contribution >= 0.6 is 0 Å². The van der Waals surface area contributed by atoms with E-state index in [4.69, 9.17) is 0 Å². The summed E-state index contributed by atoms with van der Waals surface area (Å²) in [5.41, 5.74) is 2.01. The number of benzene rings is 2. The molecule has 0 aliphatic heterocycles. The van der Waals surface area contributed by atoms with Gasteiger partial charge >= 0.3 is 0 Å². The smallest absolute Gasteiger partial charge is 0.291 e. The summed E-state index contributed by atoms with van der Waals surface area (Å²) in [4.78, 5) is 29.2. The van der Waals surface area contributed by atoms with E-state index in [0.717, 1.165) is 6.42 Å². The minimum Gasteiger partial charge on any atom is -0.365 e. The molecule has 0 saturated heterocycles. The van der Waals surface area contributed by atoms with Gasteiger partial charge in [0.1, 0.15) is 0 Å². The molecule has 0 fully saturated rings. The molecule has 0 radical (unpaired) electrons. The number of nitro groups is 1. The lowest BCUT2D eigenvalue weighted by Crippen LogP contribution is -2.18. The van der Waals surface area contributed by atoms with Crippen LogP contribution in [0.3, 0.4) is 0 Å². The average molecular weight is 336 g/mol. The second-order valence-electron chi connectivity index (χ2n) is 5.44. The molecule has 0 atom stereocenters. The standard InChI is InChI=1S/C18H16N4O3/c23-18-17(19-11-10-13-4-2-1-3-5-13)20-12-16(21-18)14-6-8-15(9-7-14)22(24)25/h1-9,12H,10-11H2,(H,19,20)(H,21,23). The largest absolute Gasteiger partial charge is 0.365 e. The van der Waals surface area contributed by atoms with E-state index in [1.165, 1.54) is 23.9 Å². The highest BCUT2D eigenvalue weighted by Gasteiger charge is 2.08. The molecule has 126 valence electrons. The van der Waals surface area contributed by atoms with Crippen LogP contribution in [-0.2, 0) is 6.42 Å². The van der Waals surface area contributed by atoms with E-state index in [0.29, 0.717) is 17.8 Å². The minimum absolute atomic E-state index is 0.00162. The Morgan fingerprint density at radius 2 is 1.80 bits per heavy atom. The highest BCUT2D eigenvalue weighted by molar-refractivity contribution is 5.60. The van der Waals surface area contributed by atoms with Crippen molar-refractivity contribution >= 4 is 11.5 Å². The number of rotatable bonds is 6. The lowest BCUT2D eigenvalue weighted by atomic mass is 10.1. The molecule has 1 heterocycles. The lowest BCUT2D eigenvalue weighted by molar-refractivity contribution is -0.384. The summed E-state index contributed by atoms with van der Waals surface area (Å²) in [7, 11) is 0. The molecule has 3 rings (SSSR count). The van der Waals surface area contributed by atoms with Crippen LogP contribution in [0.2, 0.25) is 0 Å². The highest BCUT2D eigenvalue weighted by atomic mass is 16.6. The first-order valence-electron chi connectivity index (χ1n) is 7.75. The van der Waals surface area contributed by atoms with E-state index in [9.17, 15) is 14.9 Å². The van der Waals surface area contributed by atoms with Gasteiger partial charge in [-0.2, -0.15) is 0 Å². The zero-order valence-corrected chi connectivity index (χ0v) is 13.3. The van der Waals surface area contributed by atoms with Crippen LogP contribution in [0, 0.1) is 10.1 Å². The van der Waals surface area contributed by atoms with Crippen LogP contribution in [0.4, 0.5) is 11.5 Å². The Morgan fingerprint density at radius 1 is 1.08 bits per heavy atom. The summed E-state index contributed by atoms with van der Waals surface area (Å²) >= 11 is 0. The van der Waals surface area contributed by atoms with Crippen molar-refractivity contribution in [2.45, 2.75) is 6.42 Å². The van der Waals surface area contributed by atoms with Crippen LogP contribution < -0.4 is 10.9 Å². The monoisotopic (exact) mass is 336 g/mol. The summed E-state index contributed by atoms with van der Waals surface area (Å²) in [6.45, 7) is 0.594. The maximum atomic E-state index is 12.1. The number of hydrogen-bond acceptors (Lipinski definition) is 5. The second kappa shape index (κ2) is 7.39. The first-order chi connectivity index (χ1) is 12.1. The topological polar surface area (TPSA) is 101 Å². The van der Waals surface area contributed by atoms with Crippen LogP contribution in [0.25, 0.3) is 11.3 Å². The maximum absolute atomic E-state index is 12.1. The van der Waals surface area contributed by atoms with Crippen molar-refractivity contribution in [2.24, 2.45) is 0 Å². The second-order valence-corrected chi connectivity index (χ2v) is 5.44. The van der Waals surface area contributed by atoms with Gasteiger partial charge in [0.05, 0.1) is 16.8 Å². The van der Waals surface area contributed by atoms with Gasteiger partial charge in [0.25, 0.3) is 11.2 Å². The number of nitrogens with one attached hydrogen (secondary N) is 2. The van der Waals surface area contributed by atoms with Crippen molar-refractivity contribution in [3.8, 4) is 11.3 Å². The summed E-state index contributed by atoms with van der Waals surface area (Å²) in [5.74, 6) is 0.251. The van der Waals surface area contributed by atoms with Crippen molar-refractivity contribution in [1.82, 2.24) is 9.97 Å². The van der Waals surface area contributed by atoms with E-state index >= 15 is 0 Å². The molecule has 0 amide bonds. The Balaban J connectivity index is 1.68. The molecule has 2 aromatic carbocycles. The molecule has 3 aromatic rings. The van der Waals surface area contributed by atoms with Crippen molar-refractivity contribution in [1.29, 1.82) is 0 Å². The number of aromatic nitrogens is 2. The van der Waals surface area contributed by atoms with Crippen molar-refractivity contribution in [3.63, 3.8) is 0 Å². The Labute approximate surface area is 143 Å². The molecule has 2 N–H and O–H groups in total. The van der Waals surface area contributed by atoms with Crippen LogP contribution in [0.15, 0.2) is 65.6 Å². The predicted octanol–water partition coefficient (Wildman–Crippen LogP) is 3.00. The third kappa shape index (κ3) is 4.08. The highest BCUT2D eigenvalue weighted by Crippen LogP contribution is 2.19. The van der Waals surface area contributed by atoms with E-state index in [2.05, 4.69) is 15.3 Å². The van der Waals surface area contributed by atoms with E-state index in [1.54, 1.807) is 12.1 Å². The van der Waals surface area contributed by atoms with Gasteiger partial charge in [-0.25, -0.2) is 4.98 Å². The van der Waals surface area contributed by atoms with Crippen LogP contribution in [0.5, 0.6) is 0 Å². The summed E-state index contributed by atoms with van der Waals surface area (Å²) in [5, 5.41) is 13.7. The molecule has 7 heteroatoms. The maximum Gasteiger partial charge on any atom is 0.291 e. The number of hydrogen-bond donors (Lipinski definition) is 2. The molecular weight excluding hydrogens is 320 g/mol. The van der Waals surface area contributed by atoms with Gasteiger partial charge in [-0.05, 0) is 24.1 Å².